The molecule has 1 N–H and O–H groups in total. The van der Waals surface area contributed by atoms with Gasteiger partial charge in [-0.1, -0.05) is 19.8 Å². The Kier molecular flexibility index (Phi) is 4.81. The summed E-state index contributed by atoms with van der Waals surface area (Å²) in [4.78, 5) is 7.96. The smallest absolute Gasteiger partial charge is 0.138 e. The Labute approximate surface area is 136 Å². The molecule has 0 aliphatic heterocycles. The van der Waals surface area contributed by atoms with Gasteiger partial charge in [-0.3, -0.25) is 0 Å². The molecule has 0 saturated carbocycles. The monoisotopic (exact) mass is 310 g/mol. The van der Waals surface area contributed by atoms with Crippen LogP contribution in [0.3, 0.4) is 0 Å². The number of nitrogens with one attached hydrogen (secondary N) is 1. The van der Waals surface area contributed by atoms with Crippen molar-refractivity contribution in [1.29, 1.82) is 0 Å². The molecule has 1 heterocycles. The van der Waals surface area contributed by atoms with E-state index in [4.69, 9.17) is 9.47 Å². The molecule has 0 radical (unpaired) electrons. The second kappa shape index (κ2) is 7.18. The van der Waals surface area contributed by atoms with E-state index in [2.05, 4.69) is 16.9 Å². The second-order valence-corrected chi connectivity index (χ2v) is 5.55. The Balaban J connectivity index is 1.73. The van der Waals surface area contributed by atoms with Crippen molar-refractivity contribution in [2.45, 2.75) is 26.2 Å². The van der Waals surface area contributed by atoms with Gasteiger partial charge in [-0.05, 0) is 42.8 Å². The number of unbranched alkanes of at least 4 members (excludes halogenated alkanes) is 2. The zero-order valence-corrected chi connectivity index (χ0v) is 13.6. The molecule has 0 bridgehead atoms. The number of imidazole rings is 1. The van der Waals surface area contributed by atoms with Crippen LogP contribution in [0.5, 0.6) is 11.5 Å². The van der Waals surface area contributed by atoms with Gasteiger partial charge in [-0.2, -0.15) is 0 Å². The maximum Gasteiger partial charge on any atom is 0.138 e. The summed E-state index contributed by atoms with van der Waals surface area (Å²) < 4.78 is 11.0. The van der Waals surface area contributed by atoms with Crippen LogP contribution in [-0.4, -0.2) is 23.7 Å². The Morgan fingerprint density at radius 3 is 2.52 bits per heavy atom. The van der Waals surface area contributed by atoms with Crippen molar-refractivity contribution < 1.29 is 9.47 Å². The van der Waals surface area contributed by atoms with E-state index in [1.54, 1.807) is 7.11 Å². The number of rotatable bonds is 7. The first-order valence-corrected chi connectivity index (χ1v) is 8.07. The molecule has 23 heavy (non-hydrogen) atoms. The molecule has 4 nitrogen and oxygen atoms in total. The second-order valence-electron chi connectivity index (χ2n) is 5.55. The SMILES string of the molecule is CCCCCOc1ccc(-c2nc3ccc(OC)cc3[nH]2)cc1. The highest BCUT2D eigenvalue weighted by Crippen LogP contribution is 2.25. The van der Waals surface area contributed by atoms with Gasteiger partial charge in [0.15, 0.2) is 0 Å². The van der Waals surface area contributed by atoms with Crippen LogP contribution in [0.15, 0.2) is 42.5 Å². The zero-order chi connectivity index (χ0) is 16.1. The van der Waals surface area contributed by atoms with E-state index < -0.39 is 0 Å². The number of fused-ring (bicyclic) bond motifs is 1. The third kappa shape index (κ3) is 3.65. The van der Waals surface area contributed by atoms with Crippen molar-refractivity contribution in [3.8, 4) is 22.9 Å². The van der Waals surface area contributed by atoms with E-state index in [0.717, 1.165) is 46.9 Å². The molecule has 0 aliphatic carbocycles. The lowest BCUT2D eigenvalue weighted by atomic mass is 10.2. The molecule has 0 unspecified atom stereocenters. The number of benzene rings is 2. The predicted molar refractivity (Wildman–Crippen MR) is 93.1 cm³/mol. The number of aromatic amines is 1. The summed E-state index contributed by atoms with van der Waals surface area (Å²) in [7, 11) is 1.66. The van der Waals surface area contributed by atoms with Gasteiger partial charge in [0, 0.05) is 11.6 Å². The molecular weight excluding hydrogens is 288 g/mol. The molecule has 120 valence electrons. The van der Waals surface area contributed by atoms with Crippen LogP contribution in [-0.2, 0) is 0 Å². The lowest BCUT2D eigenvalue weighted by molar-refractivity contribution is 0.306. The van der Waals surface area contributed by atoms with Crippen LogP contribution in [0.4, 0.5) is 0 Å². The highest BCUT2D eigenvalue weighted by molar-refractivity contribution is 5.80. The van der Waals surface area contributed by atoms with Gasteiger partial charge in [0.05, 0.1) is 24.8 Å². The fourth-order valence-electron chi connectivity index (χ4n) is 2.50. The zero-order valence-electron chi connectivity index (χ0n) is 13.6. The minimum absolute atomic E-state index is 0.775. The molecule has 0 aliphatic rings. The van der Waals surface area contributed by atoms with Gasteiger partial charge >= 0.3 is 0 Å². The van der Waals surface area contributed by atoms with E-state index in [-0.39, 0.29) is 0 Å². The summed E-state index contributed by atoms with van der Waals surface area (Å²) in [5, 5.41) is 0. The normalized spacial score (nSPS) is 10.9. The number of hydrogen-bond acceptors (Lipinski definition) is 3. The highest BCUT2D eigenvalue weighted by atomic mass is 16.5. The maximum atomic E-state index is 5.74. The van der Waals surface area contributed by atoms with E-state index in [0.29, 0.717) is 0 Å². The third-order valence-corrected chi connectivity index (χ3v) is 3.83. The largest absolute Gasteiger partial charge is 0.497 e. The molecule has 0 fully saturated rings. The molecule has 0 saturated heterocycles. The minimum Gasteiger partial charge on any atom is -0.497 e. The molecular formula is C19H22N2O2. The number of methoxy groups -OCH3 is 1. The van der Waals surface area contributed by atoms with Gasteiger partial charge in [-0.15, -0.1) is 0 Å². The van der Waals surface area contributed by atoms with Crippen LogP contribution in [0.2, 0.25) is 0 Å². The van der Waals surface area contributed by atoms with E-state index in [9.17, 15) is 0 Å². The van der Waals surface area contributed by atoms with Gasteiger partial charge in [0.25, 0.3) is 0 Å². The Morgan fingerprint density at radius 2 is 1.78 bits per heavy atom. The number of hydrogen-bond donors (Lipinski definition) is 1. The predicted octanol–water partition coefficient (Wildman–Crippen LogP) is 4.81. The summed E-state index contributed by atoms with van der Waals surface area (Å²) in [6.45, 7) is 2.97. The van der Waals surface area contributed by atoms with Gasteiger partial charge in [0.2, 0.25) is 0 Å². The van der Waals surface area contributed by atoms with Crippen LogP contribution < -0.4 is 9.47 Å². The van der Waals surface area contributed by atoms with Crippen LogP contribution in [0, 0.1) is 0 Å². The Bertz CT molecular complexity index is 763. The number of ether oxygens (including phenoxy) is 2. The number of nitrogens with zero attached hydrogens (tertiary/aromatic N) is 1. The van der Waals surface area contributed by atoms with E-state index >= 15 is 0 Å². The molecule has 0 spiro atoms. The fraction of sp³-hybridized carbons (Fsp3) is 0.316. The van der Waals surface area contributed by atoms with Crippen molar-refractivity contribution in [3.63, 3.8) is 0 Å². The van der Waals surface area contributed by atoms with E-state index in [1.165, 1.54) is 12.8 Å². The number of aromatic nitrogens is 2. The summed E-state index contributed by atoms with van der Waals surface area (Å²) in [6, 6.07) is 13.9. The average Bonchev–Trinajstić information content (AvgIpc) is 3.02. The van der Waals surface area contributed by atoms with Gasteiger partial charge in [-0.25, -0.2) is 4.98 Å². The lowest BCUT2D eigenvalue weighted by Crippen LogP contribution is -1.96. The molecule has 2 aromatic carbocycles. The molecule has 0 atom stereocenters. The third-order valence-electron chi connectivity index (χ3n) is 3.83. The summed E-state index contributed by atoms with van der Waals surface area (Å²) >= 11 is 0. The molecule has 4 heteroatoms. The standard InChI is InChI=1S/C19H22N2O2/c1-3-4-5-12-23-15-8-6-14(7-9-15)19-20-17-11-10-16(22-2)13-18(17)21-19/h6-11,13H,3-5,12H2,1-2H3,(H,20,21). The lowest BCUT2D eigenvalue weighted by Gasteiger charge is -2.06. The summed E-state index contributed by atoms with van der Waals surface area (Å²) in [5.41, 5.74) is 2.95. The van der Waals surface area contributed by atoms with Gasteiger partial charge in [0.1, 0.15) is 17.3 Å². The molecule has 3 aromatic rings. The molecule has 1 aromatic heterocycles. The highest BCUT2D eigenvalue weighted by Gasteiger charge is 2.06. The molecule has 0 amide bonds. The maximum absolute atomic E-state index is 5.74. The van der Waals surface area contributed by atoms with Crippen molar-refractivity contribution in [2.24, 2.45) is 0 Å². The van der Waals surface area contributed by atoms with Crippen LogP contribution in [0.25, 0.3) is 22.4 Å². The van der Waals surface area contributed by atoms with Crippen molar-refractivity contribution in [1.82, 2.24) is 9.97 Å². The number of H-pyrrole nitrogens is 1. The summed E-state index contributed by atoms with van der Waals surface area (Å²) in [6.07, 6.45) is 3.52. The van der Waals surface area contributed by atoms with Crippen molar-refractivity contribution in [2.75, 3.05) is 13.7 Å². The Morgan fingerprint density at radius 1 is 1.00 bits per heavy atom. The average molecular weight is 310 g/mol. The quantitative estimate of drug-likeness (QED) is 0.637. The first kappa shape index (κ1) is 15.4. The minimum atomic E-state index is 0.775. The van der Waals surface area contributed by atoms with Crippen molar-refractivity contribution >= 4 is 11.0 Å². The fourth-order valence-corrected chi connectivity index (χ4v) is 2.50. The van der Waals surface area contributed by atoms with Crippen LogP contribution >= 0.6 is 0 Å². The Hall–Kier alpha value is -2.49. The van der Waals surface area contributed by atoms with E-state index in [1.807, 2.05) is 42.5 Å². The van der Waals surface area contributed by atoms with Crippen LogP contribution in [0.1, 0.15) is 26.2 Å². The molecule has 3 rings (SSSR count). The first-order chi connectivity index (χ1) is 11.3. The van der Waals surface area contributed by atoms with Gasteiger partial charge < -0.3 is 14.5 Å². The topological polar surface area (TPSA) is 47.1 Å². The van der Waals surface area contributed by atoms with Crippen molar-refractivity contribution in [3.05, 3.63) is 42.5 Å². The first-order valence-electron chi connectivity index (χ1n) is 8.07. The summed E-state index contributed by atoms with van der Waals surface area (Å²) in [5.74, 6) is 2.58.